The Morgan fingerprint density at radius 1 is 1.33 bits per heavy atom. The summed E-state index contributed by atoms with van der Waals surface area (Å²) >= 11 is 0. The third kappa shape index (κ3) is 3.46. The number of hydrogen-bond acceptors (Lipinski definition) is 4. The van der Waals surface area contributed by atoms with Crippen LogP contribution in [0.2, 0.25) is 0 Å². The minimum atomic E-state index is -0.390. The van der Waals surface area contributed by atoms with E-state index in [1.807, 2.05) is 42.2 Å². The quantitative estimate of drug-likeness (QED) is 0.942. The number of nitrogens with zero attached hydrogens (tertiary/aromatic N) is 3. The van der Waals surface area contributed by atoms with Crippen molar-refractivity contribution in [3.63, 3.8) is 0 Å². The number of likely N-dealkylation sites (tertiary alicyclic amines) is 1. The zero-order valence-corrected chi connectivity index (χ0v) is 14.1. The largest absolute Gasteiger partial charge is 0.393 e. The normalized spacial score (nSPS) is 19.1. The molecule has 3 rings (SSSR count). The second-order valence-electron chi connectivity index (χ2n) is 6.45. The summed E-state index contributed by atoms with van der Waals surface area (Å²) in [5.41, 5.74) is 2.17. The molecule has 0 saturated carbocycles. The van der Waals surface area contributed by atoms with E-state index in [4.69, 9.17) is 0 Å². The maximum Gasteiger partial charge on any atom is 0.257 e. The first kappa shape index (κ1) is 16.6. The van der Waals surface area contributed by atoms with Crippen molar-refractivity contribution in [3.05, 3.63) is 47.8 Å². The van der Waals surface area contributed by atoms with Crippen molar-refractivity contribution in [2.45, 2.75) is 32.8 Å². The number of aryl methyl sites for hydroxylation is 1. The summed E-state index contributed by atoms with van der Waals surface area (Å²) in [6, 6.07) is 9.74. The van der Waals surface area contributed by atoms with Gasteiger partial charge in [0.15, 0.2) is 5.82 Å². The van der Waals surface area contributed by atoms with E-state index in [1.54, 1.807) is 13.1 Å². The van der Waals surface area contributed by atoms with Crippen molar-refractivity contribution in [2.24, 2.45) is 5.92 Å². The van der Waals surface area contributed by atoms with E-state index in [2.05, 4.69) is 9.97 Å². The van der Waals surface area contributed by atoms with Gasteiger partial charge in [0.05, 0.1) is 17.4 Å². The number of aromatic nitrogens is 2. The molecule has 1 saturated heterocycles. The van der Waals surface area contributed by atoms with Gasteiger partial charge >= 0.3 is 0 Å². The maximum atomic E-state index is 12.8. The lowest BCUT2D eigenvalue weighted by Gasteiger charge is -2.34. The highest BCUT2D eigenvalue weighted by Gasteiger charge is 2.28. The number of aliphatic hydroxyl groups is 1. The van der Waals surface area contributed by atoms with E-state index in [-0.39, 0.29) is 11.8 Å². The Morgan fingerprint density at radius 2 is 2.08 bits per heavy atom. The lowest BCUT2D eigenvalue weighted by Crippen LogP contribution is -2.43. The van der Waals surface area contributed by atoms with Gasteiger partial charge in [0.25, 0.3) is 5.91 Å². The Hall–Kier alpha value is -2.27. The summed E-state index contributed by atoms with van der Waals surface area (Å²) in [5.74, 6) is 0.732. The molecule has 2 unspecified atom stereocenters. The molecule has 5 nitrogen and oxygen atoms in total. The van der Waals surface area contributed by atoms with E-state index in [1.165, 1.54) is 0 Å². The van der Waals surface area contributed by atoms with Crippen LogP contribution in [0.3, 0.4) is 0 Å². The van der Waals surface area contributed by atoms with Gasteiger partial charge in [-0.3, -0.25) is 4.79 Å². The molecule has 1 fully saturated rings. The monoisotopic (exact) mass is 325 g/mol. The van der Waals surface area contributed by atoms with Crippen LogP contribution in [-0.2, 0) is 0 Å². The van der Waals surface area contributed by atoms with E-state index in [9.17, 15) is 9.90 Å². The van der Waals surface area contributed by atoms with Crippen molar-refractivity contribution in [2.75, 3.05) is 13.1 Å². The van der Waals surface area contributed by atoms with Crippen LogP contribution in [0.5, 0.6) is 0 Å². The minimum absolute atomic E-state index is 0.0440. The Morgan fingerprint density at radius 3 is 2.75 bits per heavy atom. The van der Waals surface area contributed by atoms with Crippen LogP contribution in [0.15, 0.2) is 36.5 Å². The van der Waals surface area contributed by atoms with Crippen molar-refractivity contribution in [1.82, 2.24) is 14.9 Å². The molecule has 2 aromatic rings. The minimum Gasteiger partial charge on any atom is -0.393 e. The number of benzene rings is 1. The Bertz CT molecular complexity index is 716. The number of piperidine rings is 1. The fourth-order valence-corrected chi connectivity index (χ4v) is 3.16. The topological polar surface area (TPSA) is 66.3 Å². The maximum absolute atomic E-state index is 12.8. The Balaban J connectivity index is 1.80. The standard InChI is InChI=1S/C19H23N3O2/c1-13-17(11-20-18(21-13)15-7-4-3-5-8-15)19(24)22-10-6-9-16(12-22)14(2)23/h3-5,7-8,11,14,16,23H,6,9-10,12H2,1-2H3. The number of amides is 1. The van der Waals surface area contributed by atoms with Gasteiger partial charge in [-0.15, -0.1) is 0 Å². The van der Waals surface area contributed by atoms with Crippen LogP contribution in [0.25, 0.3) is 11.4 Å². The van der Waals surface area contributed by atoms with Gasteiger partial charge in [-0.25, -0.2) is 9.97 Å². The molecule has 0 radical (unpaired) electrons. The molecule has 0 spiro atoms. The second kappa shape index (κ2) is 7.09. The summed E-state index contributed by atoms with van der Waals surface area (Å²) in [6.07, 6.45) is 3.12. The van der Waals surface area contributed by atoms with Crippen molar-refractivity contribution in [3.8, 4) is 11.4 Å². The molecule has 2 atom stereocenters. The highest BCUT2D eigenvalue weighted by Crippen LogP contribution is 2.22. The number of carbonyl (C=O) groups is 1. The average Bonchev–Trinajstić information content (AvgIpc) is 2.62. The number of carbonyl (C=O) groups excluding carboxylic acids is 1. The molecule has 2 heterocycles. The fourth-order valence-electron chi connectivity index (χ4n) is 3.16. The average molecular weight is 325 g/mol. The van der Waals surface area contributed by atoms with E-state index in [0.717, 1.165) is 24.9 Å². The number of aliphatic hydroxyl groups excluding tert-OH is 1. The molecular weight excluding hydrogens is 302 g/mol. The highest BCUT2D eigenvalue weighted by molar-refractivity contribution is 5.95. The van der Waals surface area contributed by atoms with E-state index >= 15 is 0 Å². The van der Waals surface area contributed by atoms with Gasteiger partial charge < -0.3 is 10.0 Å². The molecule has 1 aliphatic heterocycles. The van der Waals surface area contributed by atoms with Crippen molar-refractivity contribution >= 4 is 5.91 Å². The predicted octanol–water partition coefficient (Wildman–Crippen LogP) is 2.69. The SMILES string of the molecule is Cc1nc(-c2ccccc2)ncc1C(=O)N1CCCC(C(C)O)C1. The lowest BCUT2D eigenvalue weighted by atomic mass is 9.93. The zero-order chi connectivity index (χ0) is 17.1. The number of hydrogen-bond donors (Lipinski definition) is 1. The van der Waals surface area contributed by atoms with Gasteiger partial charge in [0, 0.05) is 30.8 Å². The molecule has 0 bridgehead atoms. The molecule has 1 aliphatic rings. The van der Waals surface area contributed by atoms with Gasteiger partial charge in [-0.1, -0.05) is 30.3 Å². The summed E-state index contributed by atoms with van der Waals surface area (Å²) < 4.78 is 0. The molecule has 1 amide bonds. The molecule has 0 aliphatic carbocycles. The molecule has 1 aromatic heterocycles. The van der Waals surface area contributed by atoms with Crippen LogP contribution in [0, 0.1) is 12.8 Å². The van der Waals surface area contributed by atoms with Gasteiger partial charge in [-0.05, 0) is 26.7 Å². The van der Waals surface area contributed by atoms with E-state index < -0.39 is 6.10 Å². The van der Waals surface area contributed by atoms with E-state index in [0.29, 0.717) is 23.6 Å². The molecule has 1 N–H and O–H groups in total. The smallest absolute Gasteiger partial charge is 0.257 e. The summed E-state index contributed by atoms with van der Waals surface area (Å²) in [4.78, 5) is 23.5. The van der Waals surface area contributed by atoms with Gasteiger partial charge in [-0.2, -0.15) is 0 Å². The zero-order valence-electron chi connectivity index (χ0n) is 14.1. The van der Waals surface area contributed by atoms with Gasteiger partial charge in [0.1, 0.15) is 0 Å². The van der Waals surface area contributed by atoms with Crippen LogP contribution in [0.1, 0.15) is 35.8 Å². The first-order chi connectivity index (χ1) is 11.6. The molecular formula is C19H23N3O2. The lowest BCUT2D eigenvalue weighted by molar-refractivity contribution is 0.0465. The first-order valence-electron chi connectivity index (χ1n) is 8.42. The highest BCUT2D eigenvalue weighted by atomic mass is 16.3. The molecule has 24 heavy (non-hydrogen) atoms. The molecule has 1 aromatic carbocycles. The van der Waals surface area contributed by atoms with Crippen LogP contribution < -0.4 is 0 Å². The van der Waals surface area contributed by atoms with Crippen molar-refractivity contribution < 1.29 is 9.90 Å². The van der Waals surface area contributed by atoms with Crippen molar-refractivity contribution in [1.29, 1.82) is 0 Å². The first-order valence-corrected chi connectivity index (χ1v) is 8.42. The van der Waals surface area contributed by atoms with Gasteiger partial charge in [0.2, 0.25) is 0 Å². The molecule has 126 valence electrons. The van der Waals surface area contributed by atoms with Crippen LogP contribution in [0.4, 0.5) is 0 Å². The Kier molecular flexibility index (Phi) is 4.90. The van der Waals surface area contributed by atoms with Crippen LogP contribution >= 0.6 is 0 Å². The van der Waals surface area contributed by atoms with Crippen LogP contribution in [-0.4, -0.2) is 45.1 Å². The molecule has 5 heteroatoms. The third-order valence-corrected chi connectivity index (χ3v) is 4.67. The fraction of sp³-hybridized carbons (Fsp3) is 0.421. The number of rotatable bonds is 3. The summed E-state index contributed by atoms with van der Waals surface area (Å²) in [7, 11) is 0. The summed E-state index contributed by atoms with van der Waals surface area (Å²) in [6.45, 7) is 4.96. The third-order valence-electron chi connectivity index (χ3n) is 4.67. The Labute approximate surface area is 142 Å². The predicted molar refractivity (Wildman–Crippen MR) is 92.5 cm³/mol. The second-order valence-corrected chi connectivity index (χ2v) is 6.45. The summed E-state index contributed by atoms with van der Waals surface area (Å²) in [5, 5.41) is 9.80.